The molecular formula is C18H27NO. The van der Waals surface area contributed by atoms with Crippen molar-refractivity contribution in [3.05, 3.63) is 35.9 Å². The van der Waals surface area contributed by atoms with E-state index in [2.05, 4.69) is 49.5 Å². The summed E-state index contributed by atoms with van der Waals surface area (Å²) >= 11 is 0. The third-order valence-corrected chi connectivity index (χ3v) is 4.97. The molecule has 1 N–H and O–H groups in total. The minimum Gasteiger partial charge on any atom is -0.381 e. The van der Waals surface area contributed by atoms with Gasteiger partial charge >= 0.3 is 0 Å². The smallest absolute Gasteiger partial charge is 0.0538 e. The maximum Gasteiger partial charge on any atom is 0.0538 e. The number of ether oxygens (including phenoxy) is 1. The molecule has 1 aromatic carbocycles. The molecule has 1 aromatic rings. The van der Waals surface area contributed by atoms with Gasteiger partial charge in [0.25, 0.3) is 0 Å². The van der Waals surface area contributed by atoms with E-state index in [1.165, 1.54) is 18.4 Å². The van der Waals surface area contributed by atoms with Gasteiger partial charge in [0.2, 0.25) is 0 Å². The second-order valence-corrected chi connectivity index (χ2v) is 7.05. The van der Waals surface area contributed by atoms with Crippen molar-refractivity contribution in [1.82, 2.24) is 5.32 Å². The van der Waals surface area contributed by atoms with Gasteiger partial charge in [0, 0.05) is 18.6 Å². The average Bonchev–Trinajstić information content (AvgIpc) is 3.13. The van der Waals surface area contributed by atoms with Crippen LogP contribution in [-0.4, -0.2) is 26.3 Å². The zero-order valence-electron chi connectivity index (χ0n) is 12.8. The lowest BCUT2D eigenvalue weighted by atomic mass is 9.80. The minimum atomic E-state index is 0.384. The average molecular weight is 273 g/mol. The van der Waals surface area contributed by atoms with Crippen LogP contribution in [0.25, 0.3) is 0 Å². The normalized spacial score (nSPS) is 32.8. The molecule has 1 heterocycles. The second kappa shape index (κ2) is 5.87. The Bertz CT molecular complexity index is 422. The fraction of sp³-hybridized carbons (Fsp3) is 0.667. The molecule has 2 nitrogen and oxygen atoms in total. The lowest BCUT2D eigenvalue weighted by Crippen LogP contribution is -2.38. The molecule has 0 bridgehead atoms. The van der Waals surface area contributed by atoms with Crippen molar-refractivity contribution in [2.24, 2.45) is 17.3 Å². The molecule has 1 saturated carbocycles. The van der Waals surface area contributed by atoms with Gasteiger partial charge in [0.15, 0.2) is 0 Å². The summed E-state index contributed by atoms with van der Waals surface area (Å²) in [4.78, 5) is 0. The lowest BCUT2D eigenvalue weighted by molar-refractivity contribution is 0.134. The van der Waals surface area contributed by atoms with Crippen LogP contribution < -0.4 is 5.32 Å². The number of benzene rings is 1. The molecule has 3 unspecified atom stereocenters. The lowest BCUT2D eigenvalue weighted by Gasteiger charge is -2.29. The van der Waals surface area contributed by atoms with E-state index >= 15 is 0 Å². The van der Waals surface area contributed by atoms with E-state index in [0.29, 0.717) is 5.41 Å². The fourth-order valence-corrected chi connectivity index (χ4v) is 3.74. The van der Waals surface area contributed by atoms with Crippen molar-refractivity contribution in [3.63, 3.8) is 0 Å². The molecule has 0 spiro atoms. The highest BCUT2D eigenvalue weighted by atomic mass is 16.5. The Labute approximate surface area is 122 Å². The first kappa shape index (κ1) is 14.1. The molecule has 2 heteroatoms. The van der Waals surface area contributed by atoms with Gasteiger partial charge in [-0.2, -0.15) is 0 Å². The van der Waals surface area contributed by atoms with Crippen LogP contribution in [0, 0.1) is 17.3 Å². The van der Waals surface area contributed by atoms with E-state index in [-0.39, 0.29) is 0 Å². The summed E-state index contributed by atoms with van der Waals surface area (Å²) in [6.07, 6.45) is 2.57. The zero-order valence-corrected chi connectivity index (χ0v) is 12.8. The van der Waals surface area contributed by atoms with Crippen LogP contribution in [0.5, 0.6) is 0 Å². The molecule has 20 heavy (non-hydrogen) atoms. The van der Waals surface area contributed by atoms with E-state index in [9.17, 15) is 0 Å². The first-order valence-electron chi connectivity index (χ1n) is 8.05. The highest BCUT2D eigenvalue weighted by Gasteiger charge is 2.54. The van der Waals surface area contributed by atoms with Gasteiger partial charge < -0.3 is 10.1 Å². The van der Waals surface area contributed by atoms with Gasteiger partial charge in [0.1, 0.15) is 0 Å². The number of hydrogen-bond acceptors (Lipinski definition) is 2. The van der Waals surface area contributed by atoms with Crippen LogP contribution in [0.4, 0.5) is 0 Å². The molecule has 0 radical (unpaired) electrons. The van der Waals surface area contributed by atoms with Crippen LogP contribution in [0.2, 0.25) is 0 Å². The Morgan fingerprint density at radius 3 is 2.75 bits per heavy atom. The number of rotatable bonds is 6. The quantitative estimate of drug-likeness (QED) is 0.857. The highest BCUT2D eigenvalue weighted by molar-refractivity contribution is 5.27. The summed E-state index contributed by atoms with van der Waals surface area (Å²) in [5.41, 5.74) is 1.91. The summed E-state index contributed by atoms with van der Waals surface area (Å²) in [6.45, 7) is 8.68. The Balaban J connectivity index is 1.64. The van der Waals surface area contributed by atoms with E-state index < -0.39 is 0 Å². The third-order valence-electron chi connectivity index (χ3n) is 4.97. The van der Waals surface area contributed by atoms with Crippen molar-refractivity contribution in [2.45, 2.75) is 32.6 Å². The van der Waals surface area contributed by atoms with Gasteiger partial charge in [-0.05, 0) is 42.7 Å². The first-order valence-corrected chi connectivity index (χ1v) is 8.05. The van der Waals surface area contributed by atoms with Crippen LogP contribution in [0.15, 0.2) is 30.3 Å². The van der Waals surface area contributed by atoms with Crippen molar-refractivity contribution >= 4 is 0 Å². The maximum absolute atomic E-state index is 5.76. The molecule has 3 atom stereocenters. The summed E-state index contributed by atoms with van der Waals surface area (Å²) in [5, 5.41) is 3.68. The van der Waals surface area contributed by atoms with Crippen molar-refractivity contribution < 1.29 is 4.74 Å². The maximum atomic E-state index is 5.76. The minimum absolute atomic E-state index is 0.384. The molecule has 1 saturated heterocycles. The molecule has 110 valence electrons. The van der Waals surface area contributed by atoms with Crippen LogP contribution in [0.1, 0.15) is 38.2 Å². The third kappa shape index (κ3) is 2.91. The number of hydrogen-bond donors (Lipinski definition) is 1. The fourth-order valence-electron chi connectivity index (χ4n) is 3.74. The van der Waals surface area contributed by atoms with E-state index in [0.717, 1.165) is 44.1 Å². The summed E-state index contributed by atoms with van der Waals surface area (Å²) in [6, 6.07) is 11.0. The van der Waals surface area contributed by atoms with Crippen LogP contribution in [-0.2, 0) is 4.74 Å². The molecule has 0 amide bonds. The number of nitrogens with one attached hydrogen (secondary N) is 1. The van der Waals surface area contributed by atoms with Gasteiger partial charge in [-0.3, -0.25) is 0 Å². The predicted octanol–water partition coefficient (Wildman–Crippen LogP) is 3.44. The van der Waals surface area contributed by atoms with Gasteiger partial charge in [-0.1, -0.05) is 44.2 Å². The topological polar surface area (TPSA) is 21.3 Å². The SMILES string of the molecule is CC(C)CNCC1(C2CC2c2ccccc2)CCOC1. The second-order valence-electron chi connectivity index (χ2n) is 7.05. The monoisotopic (exact) mass is 273 g/mol. The molecule has 3 rings (SSSR count). The molecule has 2 fully saturated rings. The Morgan fingerprint density at radius 2 is 2.10 bits per heavy atom. The van der Waals surface area contributed by atoms with Gasteiger partial charge in [0.05, 0.1) is 6.61 Å². The van der Waals surface area contributed by atoms with Crippen LogP contribution in [0.3, 0.4) is 0 Å². The summed E-state index contributed by atoms with van der Waals surface area (Å²) < 4.78 is 5.76. The zero-order chi connectivity index (χ0) is 14.0. The first-order chi connectivity index (χ1) is 9.71. The van der Waals surface area contributed by atoms with Gasteiger partial charge in [-0.25, -0.2) is 0 Å². The predicted molar refractivity (Wildman–Crippen MR) is 82.9 cm³/mol. The summed E-state index contributed by atoms with van der Waals surface area (Å²) in [7, 11) is 0. The molecule has 1 aliphatic heterocycles. The largest absolute Gasteiger partial charge is 0.381 e. The van der Waals surface area contributed by atoms with E-state index in [1.807, 2.05) is 0 Å². The van der Waals surface area contributed by atoms with Crippen molar-refractivity contribution in [1.29, 1.82) is 0 Å². The van der Waals surface area contributed by atoms with Crippen LogP contribution >= 0.6 is 0 Å². The van der Waals surface area contributed by atoms with Gasteiger partial charge in [-0.15, -0.1) is 0 Å². The standard InChI is InChI=1S/C18H27NO/c1-14(2)11-19-12-18(8-9-20-13-18)17-10-16(17)15-6-4-3-5-7-15/h3-7,14,16-17,19H,8-13H2,1-2H3. The Morgan fingerprint density at radius 1 is 1.30 bits per heavy atom. The molecular weight excluding hydrogens is 246 g/mol. The Hall–Kier alpha value is -0.860. The van der Waals surface area contributed by atoms with E-state index in [4.69, 9.17) is 4.74 Å². The van der Waals surface area contributed by atoms with Crippen molar-refractivity contribution in [2.75, 3.05) is 26.3 Å². The Kier molecular flexibility index (Phi) is 4.13. The molecule has 0 aromatic heterocycles. The molecule has 2 aliphatic rings. The van der Waals surface area contributed by atoms with E-state index in [1.54, 1.807) is 0 Å². The summed E-state index contributed by atoms with van der Waals surface area (Å²) in [5.74, 6) is 2.30. The molecule has 1 aliphatic carbocycles. The highest BCUT2D eigenvalue weighted by Crippen LogP contribution is 2.59. The van der Waals surface area contributed by atoms with Crippen molar-refractivity contribution in [3.8, 4) is 0 Å².